The van der Waals surface area contributed by atoms with Gasteiger partial charge in [-0.3, -0.25) is 9.59 Å². The molecule has 1 N–H and O–H groups in total. The molecule has 1 aliphatic rings. The van der Waals surface area contributed by atoms with E-state index in [-0.39, 0.29) is 18.2 Å². The molecule has 6 heteroatoms. The molecule has 126 valence electrons. The lowest BCUT2D eigenvalue weighted by molar-refractivity contribution is -0.125. The summed E-state index contributed by atoms with van der Waals surface area (Å²) < 4.78 is 0. The molecule has 1 aromatic rings. The van der Waals surface area contributed by atoms with Crippen LogP contribution in [0.4, 0.5) is 5.69 Å². The molecule has 0 spiro atoms. The van der Waals surface area contributed by atoms with Crippen molar-refractivity contribution in [3.63, 3.8) is 0 Å². The van der Waals surface area contributed by atoms with Crippen molar-refractivity contribution in [1.82, 2.24) is 10.3 Å². The van der Waals surface area contributed by atoms with Gasteiger partial charge >= 0.3 is 0 Å². The second kappa shape index (κ2) is 7.81. The monoisotopic (exact) mass is 335 g/mol. The molecule has 0 aliphatic carbocycles. The number of anilines is 1. The summed E-state index contributed by atoms with van der Waals surface area (Å²) >= 11 is 1.40. The van der Waals surface area contributed by atoms with Crippen LogP contribution in [0.15, 0.2) is 23.4 Å². The van der Waals surface area contributed by atoms with Gasteiger partial charge < -0.3 is 10.2 Å². The van der Waals surface area contributed by atoms with Gasteiger partial charge in [-0.15, -0.1) is 0 Å². The van der Waals surface area contributed by atoms with E-state index in [0.29, 0.717) is 24.9 Å². The van der Waals surface area contributed by atoms with Gasteiger partial charge in [0.25, 0.3) is 0 Å². The van der Waals surface area contributed by atoms with Crippen LogP contribution < -0.4 is 10.2 Å². The van der Waals surface area contributed by atoms with Crippen molar-refractivity contribution < 1.29 is 9.59 Å². The first-order valence-corrected chi connectivity index (χ1v) is 8.96. The van der Waals surface area contributed by atoms with Crippen molar-refractivity contribution in [2.75, 3.05) is 18.0 Å². The fraction of sp³-hybridized carbons (Fsp3) is 0.588. The standard InChI is InChI=1S/C17H25N3O2S/c1-11(2)9-19-15(21)8-14-17(22)20(10-12(3)4)13-6-5-7-18-16(13)23-14/h5-7,11-12,14H,8-10H2,1-4H3,(H,19,21). The van der Waals surface area contributed by atoms with Crippen molar-refractivity contribution in [3.05, 3.63) is 18.3 Å². The maximum absolute atomic E-state index is 12.8. The van der Waals surface area contributed by atoms with Crippen molar-refractivity contribution in [2.45, 2.75) is 44.4 Å². The summed E-state index contributed by atoms with van der Waals surface area (Å²) in [4.78, 5) is 31.0. The van der Waals surface area contributed by atoms with Crippen LogP contribution in [0.25, 0.3) is 0 Å². The third kappa shape index (κ3) is 4.70. The minimum Gasteiger partial charge on any atom is -0.356 e. The number of carbonyl (C=O) groups excluding carboxylic acids is 2. The molecular formula is C17H25N3O2S. The molecule has 1 aromatic heterocycles. The lowest BCUT2D eigenvalue weighted by Crippen LogP contribution is -2.45. The molecule has 0 bridgehead atoms. The van der Waals surface area contributed by atoms with Crippen LogP contribution in [0.3, 0.4) is 0 Å². The molecule has 2 heterocycles. The lowest BCUT2D eigenvalue weighted by atomic mass is 10.1. The Morgan fingerprint density at radius 2 is 2.09 bits per heavy atom. The first-order chi connectivity index (χ1) is 10.9. The Balaban J connectivity index is 2.13. The molecular weight excluding hydrogens is 310 g/mol. The summed E-state index contributed by atoms with van der Waals surface area (Å²) in [6.07, 6.45) is 1.92. The summed E-state index contributed by atoms with van der Waals surface area (Å²) in [6, 6.07) is 3.76. The first kappa shape index (κ1) is 17.8. The molecule has 1 atom stereocenters. The topological polar surface area (TPSA) is 62.3 Å². The number of rotatable bonds is 6. The molecule has 2 rings (SSSR count). The van der Waals surface area contributed by atoms with Gasteiger partial charge in [-0.05, 0) is 24.0 Å². The smallest absolute Gasteiger partial charge is 0.241 e. The quantitative estimate of drug-likeness (QED) is 0.868. The highest BCUT2D eigenvalue weighted by Gasteiger charge is 2.35. The highest BCUT2D eigenvalue weighted by molar-refractivity contribution is 8.00. The van der Waals surface area contributed by atoms with E-state index < -0.39 is 5.25 Å². The van der Waals surface area contributed by atoms with Gasteiger partial charge in [-0.1, -0.05) is 39.5 Å². The minimum absolute atomic E-state index is 0.00361. The highest BCUT2D eigenvalue weighted by atomic mass is 32.2. The van der Waals surface area contributed by atoms with Crippen LogP contribution in [0.1, 0.15) is 34.1 Å². The number of pyridine rings is 1. The summed E-state index contributed by atoms with van der Waals surface area (Å²) in [6.45, 7) is 9.53. The number of aromatic nitrogens is 1. The summed E-state index contributed by atoms with van der Waals surface area (Å²) in [5.41, 5.74) is 0.857. The van der Waals surface area contributed by atoms with Crippen LogP contribution in [0, 0.1) is 11.8 Å². The Hall–Kier alpha value is -1.56. The zero-order valence-corrected chi connectivity index (χ0v) is 15.0. The van der Waals surface area contributed by atoms with E-state index in [0.717, 1.165) is 10.7 Å². The van der Waals surface area contributed by atoms with Gasteiger partial charge in [0, 0.05) is 25.7 Å². The molecule has 0 radical (unpaired) electrons. The van der Waals surface area contributed by atoms with Crippen LogP contribution in [-0.2, 0) is 9.59 Å². The van der Waals surface area contributed by atoms with Gasteiger partial charge in [0.15, 0.2) is 0 Å². The first-order valence-electron chi connectivity index (χ1n) is 8.08. The molecule has 5 nitrogen and oxygen atoms in total. The van der Waals surface area contributed by atoms with E-state index in [9.17, 15) is 9.59 Å². The highest BCUT2D eigenvalue weighted by Crippen LogP contribution is 2.38. The Morgan fingerprint density at radius 3 is 2.74 bits per heavy atom. The molecule has 0 saturated heterocycles. The summed E-state index contributed by atoms with van der Waals surface area (Å²) in [5.74, 6) is 0.677. The number of fused-ring (bicyclic) bond motifs is 1. The van der Waals surface area contributed by atoms with E-state index in [4.69, 9.17) is 0 Å². The van der Waals surface area contributed by atoms with E-state index in [1.54, 1.807) is 11.1 Å². The van der Waals surface area contributed by atoms with Crippen molar-refractivity contribution in [2.24, 2.45) is 11.8 Å². The number of nitrogens with one attached hydrogen (secondary N) is 1. The van der Waals surface area contributed by atoms with Gasteiger partial charge in [-0.2, -0.15) is 0 Å². The molecule has 0 aromatic carbocycles. The zero-order chi connectivity index (χ0) is 17.0. The maximum atomic E-state index is 12.8. The molecule has 2 amide bonds. The summed E-state index contributed by atoms with van der Waals surface area (Å²) in [7, 11) is 0. The minimum atomic E-state index is -0.400. The van der Waals surface area contributed by atoms with Crippen LogP contribution in [0.2, 0.25) is 0 Å². The van der Waals surface area contributed by atoms with Crippen LogP contribution in [0.5, 0.6) is 0 Å². The van der Waals surface area contributed by atoms with E-state index in [2.05, 4.69) is 24.1 Å². The lowest BCUT2D eigenvalue weighted by Gasteiger charge is -2.33. The Kier molecular flexibility index (Phi) is 6.04. The average Bonchev–Trinajstić information content (AvgIpc) is 2.49. The van der Waals surface area contributed by atoms with Crippen molar-refractivity contribution in [3.8, 4) is 0 Å². The molecule has 1 unspecified atom stereocenters. The molecule has 23 heavy (non-hydrogen) atoms. The third-order valence-corrected chi connectivity index (χ3v) is 4.65. The van der Waals surface area contributed by atoms with E-state index >= 15 is 0 Å². The molecule has 0 saturated carbocycles. The fourth-order valence-electron chi connectivity index (χ4n) is 2.40. The van der Waals surface area contributed by atoms with Gasteiger partial charge in [0.05, 0.1) is 10.9 Å². The number of hydrogen-bond acceptors (Lipinski definition) is 4. The van der Waals surface area contributed by atoms with Gasteiger partial charge in [0.1, 0.15) is 5.03 Å². The maximum Gasteiger partial charge on any atom is 0.241 e. The Bertz CT molecular complexity index is 575. The predicted molar refractivity (Wildman–Crippen MR) is 93.5 cm³/mol. The normalized spacial score (nSPS) is 17.6. The van der Waals surface area contributed by atoms with Crippen LogP contribution in [-0.4, -0.2) is 35.1 Å². The van der Waals surface area contributed by atoms with Crippen molar-refractivity contribution in [1.29, 1.82) is 0 Å². The predicted octanol–water partition coefficient (Wildman–Crippen LogP) is 2.71. The SMILES string of the molecule is CC(C)CNC(=O)CC1Sc2ncccc2N(CC(C)C)C1=O. The number of hydrogen-bond donors (Lipinski definition) is 1. The fourth-order valence-corrected chi connectivity index (χ4v) is 3.55. The molecule has 0 fully saturated rings. The van der Waals surface area contributed by atoms with Gasteiger partial charge in [-0.25, -0.2) is 4.98 Å². The zero-order valence-electron chi connectivity index (χ0n) is 14.2. The number of nitrogens with zero attached hydrogens (tertiary/aromatic N) is 2. The Morgan fingerprint density at radius 1 is 1.35 bits per heavy atom. The Labute approximate surface area is 142 Å². The number of amides is 2. The van der Waals surface area contributed by atoms with Crippen molar-refractivity contribution >= 4 is 29.3 Å². The number of carbonyl (C=O) groups is 2. The van der Waals surface area contributed by atoms with E-state index in [1.165, 1.54) is 11.8 Å². The second-order valence-corrected chi connectivity index (χ2v) is 7.87. The number of thioether (sulfide) groups is 1. The third-order valence-electron chi connectivity index (χ3n) is 3.46. The van der Waals surface area contributed by atoms with Crippen LogP contribution >= 0.6 is 11.8 Å². The van der Waals surface area contributed by atoms with E-state index in [1.807, 2.05) is 26.0 Å². The van der Waals surface area contributed by atoms with Gasteiger partial charge in [0.2, 0.25) is 11.8 Å². The largest absolute Gasteiger partial charge is 0.356 e. The summed E-state index contributed by atoms with van der Waals surface area (Å²) in [5, 5.41) is 3.31. The second-order valence-electron chi connectivity index (χ2n) is 6.68. The average molecular weight is 335 g/mol. The molecule has 1 aliphatic heterocycles.